The minimum Gasteiger partial charge on any atom is -0.462 e. The number of ketones is 1. The Hall–Kier alpha value is -2.14. The second-order valence-corrected chi connectivity index (χ2v) is 5.06. The van der Waals surface area contributed by atoms with Gasteiger partial charge in [-0.25, -0.2) is 0 Å². The zero-order valence-electron chi connectivity index (χ0n) is 12.6. The lowest BCUT2D eigenvalue weighted by Gasteiger charge is -2.11. The molecule has 1 aromatic heterocycles. The van der Waals surface area contributed by atoms with Gasteiger partial charge in [-0.1, -0.05) is 30.3 Å². The highest BCUT2D eigenvalue weighted by molar-refractivity contribution is 5.92. The maximum atomic E-state index is 11.4. The van der Waals surface area contributed by atoms with Crippen molar-refractivity contribution in [2.45, 2.75) is 40.2 Å². The van der Waals surface area contributed by atoms with E-state index in [-0.39, 0.29) is 18.6 Å². The Morgan fingerprint density at radius 3 is 2.62 bits per heavy atom. The third-order valence-electron chi connectivity index (χ3n) is 2.78. The predicted molar refractivity (Wildman–Crippen MR) is 79.2 cm³/mol. The number of carbonyl (C=O) groups is 1. The van der Waals surface area contributed by atoms with Gasteiger partial charge in [-0.3, -0.25) is 9.36 Å². The Morgan fingerprint density at radius 1 is 1.29 bits per heavy atom. The van der Waals surface area contributed by atoms with Gasteiger partial charge in [-0.2, -0.15) is 4.98 Å². The van der Waals surface area contributed by atoms with E-state index in [9.17, 15) is 4.79 Å². The lowest BCUT2D eigenvalue weighted by Crippen LogP contribution is -2.12. The molecule has 0 radical (unpaired) electrons. The van der Waals surface area contributed by atoms with Crippen LogP contribution in [0.2, 0.25) is 0 Å². The Kier molecular flexibility index (Phi) is 5.11. The van der Waals surface area contributed by atoms with Crippen LogP contribution in [0.25, 0.3) is 0 Å². The Labute approximate surface area is 124 Å². The smallest absolute Gasteiger partial charge is 0.299 e. The highest BCUT2D eigenvalue weighted by Crippen LogP contribution is 2.14. The number of nitrogens with zero attached hydrogens (tertiary/aromatic N) is 2. The standard InChI is InChI=1S/C16H20N2O3/c1-12(2)21-16-17-15(13(3)19)9-18(16)11-20-10-14-7-5-4-6-8-14/h4-9,12H,10-11H2,1-3H3. The summed E-state index contributed by atoms with van der Waals surface area (Å²) in [5.41, 5.74) is 1.48. The second kappa shape index (κ2) is 7.04. The quantitative estimate of drug-likeness (QED) is 0.735. The largest absolute Gasteiger partial charge is 0.462 e. The molecule has 0 unspecified atom stereocenters. The predicted octanol–water partition coefficient (Wildman–Crippen LogP) is 3.05. The van der Waals surface area contributed by atoms with Crippen molar-refractivity contribution < 1.29 is 14.3 Å². The van der Waals surface area contributed by atoms with Gasteiger partial charge < -0.3 is 9.47 Å². The van der Waals surface area contributed by atoms with Crippen LogP contribution < -0.4 is 4.74 Å². The van der Waals surface area contributed by atoms with Crippen LogP contribution >= 0.6 is 0 Å². The van der Waals surface area contributed by atoms with Gasteiger partial charge >= 0.3 is 0 Å². The molecule has 0 saturated heterocycles. The minimum atomic E-state index is -0.0922. The molecule has 112 valence electrons. The molecule has 0 aliphatic heterocycles. The lowest BCUT2D eigenvalue weighted by molar-refractivity contribution is 0.0544. The van der Waals surface area contributed by atoms with Gasteiger partial charge in [0.1, 0.15) is 12.4 Å². The van der Waals surface area contributed by atoms with Crippen LogP contribution in [-0.2, 0) is 18.1 Å². The van der Waals surface area contributed by atoms with Crippen molar-refractivity contribution in [3.8, 4) is 6.01 Å². The summed E-state index contributed by atoms with van der Waals surface area (Å²) < 4.78 is 13.0. The zero-order chi connectivity index (χ0) is 15.2. The number of rotatable bonds is 7. The fourth-order valence-electron chi connectivity index (χ4n) is 1.80. The molecule has 2 rings (SSSR count). The van der Waals surface area contributed by atoms with Crippen molar-refractivity contribution in [2.75, 3.05) is 0 Å². The summed E-state index contributed by atoms with van der Waals surface area (Å²) in [5.74, 6) is -0.0922. The van der Waals surface area contributed by atoms with Gasteiger partial charge in [0.25, 0.3) is 6.01 Å². The average Bonchev–Trinajstić information content (AvgIpc) is 2.83. The van der Waals surface area contributed by atoms with Crippen molar-refractivity contribution in [1.29, 1.82) is 0 Å². The molecule has 0 N–H and O–H groups in total. The number of ether oxygens (including phenoxy) is 2. The first-order valence-corrected chi connectivity index (χ1v) is 6.92. The first kappa shape index (κ1) is 15.3. The van der Waals surface area contributed by atoms with Crippen molar-refractivity contribution in [3.05, 3.63) is 47.8 Å². The van der Waals surface area contributed by atoms with Gasteiger partial charge in [-0.15, -0.1) is 0 Å². The molecule has 0 fully saturated rings. The van der Waals surface area contributed by atoms with Crippen LogP contribution in [-0.4, -0.2) is 21.4 Å². The molecule has 0 bridgehead atoms. The summed E-state index contributed by atoms with van der Waals surface area (Å²) >= 11 is 0. The normalized spacial score (nSPS) is 10.9. The van der Waals surface area contributed by atoms with E-state index < -0.39 is 0 Å². The monoisotopic (exact) mass is 288 g/mol. The third kappa shape index (κ3) is 4.43. The number of Topliss-reactive ketones (excluding diaryl/α,β-unsaturated/α-hetero) is 1. The summed E-state index contributed by atoms with van der Waals surface area (Å²) in [6.07, 6.45) is 1.64. The van der Waals surface area contributed by atoms with E-state index >= 15 is 0 Å². The fraction of sp³-hybridized carbons (Fsp3) is 0.375. The summed E-state index contributed by atoms with van der Waals surface area (Å²) in [4.78, 5) is 15.6. The summed E-state index contributed by atoms with van der Waals surface area (Å²) in [5, 5.41) is 0. The third-order valence-corrected chi connectivity index (χ3v) is 2.78. The van der Waals surface area contributed by atoms with E-state index in [0.717, 1.165) is 5.56 Å². The van der Waals surface area contributed by atoms with Crippen molar-refractivity contribution in [3.63, 3.8) is 0 Å². The number of imidazole rings is 1. The van der Waals surface area contributed by atoms with E-state index in [1.807, 2.05) is 44.2 Å². The summed E-state index contributed by atoms with van der Waals surface area (Å²) in [6, 6.07) is 10.3. The Bertz CT molecular complexity index is 591. The average molecular weight is 288 g/mol. The molecule has 0 aliphatic carbocycles. The molecular formula is C16H20N2O3. The van der Waals surface area contributed by atoms with Gasteiger partial charge in [0, 0.05) is 13.1 Å². The first-order chi connectivity index (χ1) is 10.1. The lowest BCUT2D eigenvalue weighted by atomic mass is 10.2. The molecule has 5 nitrogen and oxygen atoms in total. The van der Waals surface area contributed by atoms with Gasteiger partial charge in [0.15, 0.2) is 5.78 Å². The number of hydrogen-bond acceptors (Lipinski definition) is 4. The second-order valence-electron chi connectivity index (χ2n) is 5.06. The number of carbonyl (C=O) groups excluding carboxylic acids is 1. The topological polar surface area (TPSA) is 53.4 Å². The molecule has 1 heterocycles. The maximum Gasteiger partial charge on any atom is 0.299 e. The van der Waals surface area contributed by atoms with Crippen molar-refractivity contribution >= 4 is 5.78 Å². The van der Waals surface area contributed by atoms with Gasteiger partial charge in [-0.05, 0) is 19.4 Å². The summed E-state index contributed by atoms with van der Waals surface area (Å²) in [7, 11) is 0. The Morgan fingerprint density at radius 2 is 2.00 bits per heavy atom. The van der Waals surface area contributed by atoms with Crippen LogP contribution in [0.4, 0.5) is 0 Å². The highest BCUT2D eigenvalue weighted by atomic mass is 16.5. The van der Waals surface area contributed by atoms with Gasteiger partial charge in [0.2, 0.25) is 0 Å². The molecule has 21 heavy (non-hydrogen) atoms. The van der Waals surface area contributed by atoms with Crippen LogP contribution in [0.15, 0.2) is 36.5 Å². The molecule has 0 atom stereocenters. The fourth-order valence-corrected chi connectivity index (χ4v) is 1.80. The summed E-state index contributed by atoms with van der Waals surface area (Å²) in [6.45, 7) is 6.10. The van der Waals surface area contributed by atoms with Crippen LogP contribution in [0.1, 0.15) is 36.8 Å². The molecule has 0 amide bonds. The van der Waals surface area contributed by atoms with E-state index in [1.165, 1.54) is 6.92 Å². The van der Waals surface area contributed by atoms with E-state index in [4.69, 9.17) is 9.47 Å². The molecular weight excluding hydrogens is 268 g/mol. The van der Waals surface area contributed by atoms with Gasteiger partial charge in [0.05, 0.1) is 12.7 Å². The van der Waals surface area contributed by atoms with Crippen LogP contribution in [0.5, 0.6) is 6.01 Å². The first-order valence-electron chi connectivity index (χ1n) is 6.92. The molecule has 1 aromatic carbocycles. The van der Waals surface area contributed by atoms with Crippen molar-refractivity contribution in [2.24, 2.45) is 0 Å². The van der Waals surface area contributed by atoms with E-state index in [2.05, 4.69) is 4.98 Å². The molecule has 0 aliphatic rings. The number of benzene rings is 1. The Balaban J connectivity index is 2.02. The van der Waals surface area contributed by atoms with Crippen LogP contribution in [0.3, 0.4) is 0 Å². The minimum absolute atomic E-state index is 0.0138. The molecule has 0 saturated carbocycles. The number of hydrogen-bond donors (Lipinski definition) is 0. The number of aromatic nitrogens is 2. The van der Waals surface area contributed by atoms with Crippen LogP contribution in [0, 0.1) is 0 Å². The van der Waals surface area contributed by atoms with E-state index in [0.29, 0.717) is 18.3 Å². The maximum absolute atomic E-state index is 11.4. The zero-order valence-corrected chi connectivity index (χ0v) is 12.6. The molecule has 0 spiro atoms. The van der Waals surface area contributed by atoms with Crippen molar-refractivity contribution in [1.82, 2.24) is 9.55 Å². The highest BCUT2D eigenvalue weighted by Gasteiger charge is 2.13. The SMILES string of the molecule is CC(=O)c1cn(COCc2ccccc2)c(OC(C)C)n1. The molecule has 2 aromatic rings. The van der Waals surface area contributed by atoms with E-state index in [1.54, 1.807) is 10.8 Å². The molecule has 5 heteroatoms.